The third kappa shape index (κ3) is 8.26. The van der Waals surface area contributed by atoms with Crippen molar-refractivity contribution in [1.29, 1.82) is 0 Å². The number of aliphatic hydroxyl groups is 2. The molecule has 2 heteroatoms. The first kappa shape index (κ1) is 19.9. The molecule has 0 radical (unpaired) electrons. The van der Waals surface area contributed by atoms with Crippen molar-refractivity contribution in [2.24, 2.45) is 11.8 Å². The lowest BCUT2D eigenvalue weighted by molar-refractivity contribution is -0.0228. The summed E-state index contributed by atoms with van der Waals surface area (Å²) in [6.07, 6.45) is 11.8. The van der Waals surface area contributed by atoms with E-state index in [2.05, 4.69) is 27.7 Å². The molecular weight excluding hydrogens is 248 g/mol. The Labute approximate surface area is 127 Å². The minimum absolute atomic E-state index is 0.329. The highest BCUT2D eigenvalue weighted by molar-refractivity contribution is 4.81. The fraction of sp³-hybridized carbons (Fsp3) is 1.00. The maximum Gasteiger partial charge on any atom is 0.0668 e. The van der Waals surface area contributed by atoms with Crippen LogP contribution in [0.5, 0.6) is 0 Å². The van der Waals surface area contributed by atoms with E-state index in [1.807, 2.05) is 0 Å². The molecule has 20 heavy (non-hydrogen) atoms. The Morgan fingerprint density at radius 3 is 1.70 bits per heavy atom. The van der Waals surface area contributed by atoms with Crippen LogP contribution in [-0.2, 0) is 0 Å². The molecule has 0 amide bonds. The van der Waals surface area contributed by atoms with Crippen molar-refractivity contribution >= 4 is 0 Å². The third-order valence-corrected chi connectivity index (χ3v) is 5.04. The summed E-state index contributed by atoms with van der Waals surface area (Å²) in [7, 11) is 0. The first-order chi connectivity index (χ1) is 9.50. The fourth-order valence-corrected chi connectivity index (χ4v) is 2.96. The Morgan fingerprint density at radius 1 is 0.800 bits per heavy atom. The van der Waals surface area contributed by atoms with E-state index in [4.69, 9.17) is 5.11 Å². The molecule has 122 valence electrons. The van der Waals surface area contributed by atoms with E-state index in [0.29, 0.717) is 18.4 Å². The molecule has 2 N–H and O–H groups in total. The van der Waals surface area contributed by atoms with Crippen LogP contribution in [0.2, 0.25) is 0 Å². The quantitative estimate of drug-likeness (QED) is 0.472. The Morgan fingerprint density at radius 2 is 1.25 bits per heavy atom. The molecule has 0 saturated heterocycles. The van der Waals surface area contributed by atoms with Crippen LogP contribution in [0, 0.1) is 11.8 Å². The van der Waals surface area contributed by atoms with E-state index in [9.17, 15) is 5.11 Å². The SMILES string of the molecule is CCC(O)(CC)C(C)CCCCCCCCC(C)CO. The molecule has 0 rings (SSSR count). The summed E-state index contributed by atoms with van der Waals surface area (Å²) < 4.78 is 0. The number of aliphatic hydroxyl groups excluding tert-OH is 1. The van der Waals surface area contributed by atoms with Gasteiger partial charge in [0.2, 0.25) is 0 Å². The van der Waals surface area contributed by atoms with Crippen molar-refractivity contribution in [3.63, 3.8) is 0 Å². The Balaban J connectivity index is 3.48. The molecule has 2 atom stereocenters. The average Bonchev–Trinajstić information content (AvgIpc) is 2.48. The van der Waals surface area contributed by atoms with E-state index in [1.165, 1.54) is 38.5 Å². The molecule has 0 saturated carbocycles. The Bertz CT molecular complexity index is 211. The molecule has 0 fully saturated rings. The van der Waals surface area contributed by atoms with E-state index in [1.54, 1.807) is 0 Å². The van der Waals surface area contributed by atoms with E-state index in [0.717, 1.165) is 25.7 Å². The minimum Gasteiger partial charge on any atom is -0.396 e. The van der Waals surface area contributed by atoms with Gasteiger partial charge in [0.05, 0.1) is 5.60 Å². The smallest absolute Gasteiger partial charge is 0.0668 e. The first-order valence-electron chi connectivity index (χ1n) is 8.83. The van der Waals surface area contributed by atoms with Crippen LogP contribution in [0.25, 0.3) is 0 Å². The highest BCUT2D eigenvalue weighted by Crippen LogP contribution is 2.29. The van der Waals surface area contributed by atoms with Gasteiger partial charge in [0.1, 0.15) is 0 Å². The average molecular weight is 286 g/mol. The van der Waals surface area contributed by atoms with Crippen LogP contribution in [0.1, 0.15) is 91.9 Å². The van der Waals surface area contributed by atoms with Gasteiger partial charge in [-0.25, -0.2) is 0 Å². The molecule has 0 aromatic rings. The standard InChI is InChI=1S/C18H38O2/c1-5-18(20,6-2)17(4)14-12-10-8-7-9-11-13-16(3)15-19/h16-17,19-20H,5-15H2,1-4H3. The van der Waals surface area contributed by atoms with Gasteiger partial charge < -0.3 is 10.2 Å². The van der Waals surface area contributed by atoms with Crippen LogP contribution in [0.4, 0.5) is 0 Å². The van der Waals surface area contributed by atoms with Crippen LogP contribution in [0.15, 0.2) is 0 Å². The summed E-state index contributed by atoms with van der Waals surface area (Å²) in [5.74, 6) is 0.888. The summed E-state index contributed by atoms with van der Waals surface area (Å²) in [5, 5.41) is 19.4. The summed E-state index contributed by atoms with van der Waals surface area (Å²) in [4.78, 5) is 0. The largest absolute Gasteiger partial charge is 0.396 e. The lowest BCUT2D eigenvalue weighted by atomic mass is 9.81. The minimum atomic E-state index is -0.444. The highest BCUT2D eigenvalue weighted by atomic mass is 16.3. The molecule has 0 aromatic heterocycles. The van der Waals surface area contributed by atoms with Gasteiger partial charge in [-0.2, -0.15) is 0 Å². The maximum absolute atomic E-state index is 10.4. The predicted molar refractivity (Wildman–Crippen MR) is 87.9 cm³/mol. The van der Waals surface area contributed by atoms with Gasteiger partial charge in [-0.3, -0.25) is 0 Å². The van der Waals surface area contributed by atoms with E-state index < -0.39 is 5.60 Å². The molecule has 0 aliphatic carbocycles. The van der Waals surface area contributed by atoms with Gasteiger partial charge in [-0.15, -0.1) is 0 Å². The fourth-order valence-electron chi connectivity index (χ4n) is 2.96. The van der Waals surface area contributed by atoms with Gasteiger partial charge in [0.25, 0.3) is 0 Å². The maximum atomic E-state index is 10.4. The third-order valence-electron chi connectivity index (χ3n) is 5.04. The van der Waals surface area contributed by atoms with Crippen molar-refractivity contribution in [2.45, 2.75) is 97.5 Å². The molecule has 0 heterocycles. The number of hydrogen-bond donors (Lipinski definition) is 2. The zero-order chi connectivity index (χ0) is 15.4. The number of hydrogen-bond acceptors (Lipinski definition) is 2. The van der Waals surface area contributed by atoms with Crippen LogP contribution in [-0.4, -0.2) is 22.4 Å². The van der Waals surface area contributed by atoms with Crippen molar-refractivity contribution in [3.05, 3.63) is 0 Å². The van der Waals surface area contributed by atoms with Crippen molar-refractivity contribution in [2.75, 3.05) is 6.61 Å². The second kappa shape index (κ2) is 11.6. The van der Waals surface area contributed by atoms with Crippen LogP contribution < -0.4 is 0 Å². The molecule has 2 unspecified atom stereocenters. The second-order valence-corrected chi connectivity index (χ2v) is 6.70. The molecule has 2 nitrogen and oxygen atoms in total. The summed E-state index contributed by atoms with van der Waals surface area (Å²) in [6.45, 7) is 8.82. The zero-order valence-corrected chi connectivity index (χ0v) is 14.3. The zero-order valence-electron chi connectivity index (χ0n) is 14.3. The topological polar surface area (TPSA) is 40.5 Å². The van der Waals surface area contributed by atoms with E-state index >= 15 is 0 Å². The van der Waals surface area contributed by atoms with Gasteiger partial charge in [0, 0.05) is 6.61 Å². The number of rotatable bonds is 13. The molecule has 0 aliphatic heterocycles. The Kier molecular flexibility index (Phi) is 11.5. The lowest BCUT2D eigenvalue weighted by Gasteiger charge is -2.32. The van der Waals surface area contributed by atoms with Gasteiger partial charge in [-0.1, -0.05) is 66.2 Å². The second-order valence-electron chi connectivity index (χ2n) is 6.70. The first-order valence-corrected chi connectivity index (χ1v) is 8.83. The summed E-state index contributed by atoms with van der Waals surface area (Å²) >= 11 is 0. The van der Waals surface area contributed by atoms with Gasteiger partial charge in [0.15, 0.2) is 0 Å². The van der Waals surface area contributed by atoms with Gasteiger partial charge >= 0.3 is 0 Å². The molecule has 0 aliphatic rings. The van der Waals surface area contributed by atoms with E-state index in [-0.39, 0.29) is 0 Å². The van der Waals surface area contributed by atoms with Gasteiger partial charge in [-0.05, 0) is 37.5 Å². The molecule has 0 spiro atoms. The van der Waals surface area contributed by atoms with Crippen molar-refractivity contribution < 1.29 is 10.2 Å². The van der Waals surface area contributed by atoms with Crippen LogP contribution in [0.3, 0.4) is 0 Å². The lowest BCUT2D eigenvalue weighted by Crippen LogP contribution is -2.34. The summed E-state index contributed by atoms with van der Waals surface area (Å²) in [6, 6.07) is 0. The molecule has 0 bridgehead atoms. The normalized spacial score (nSPS) is 15.3. The highest BCUT2D eigenvalue weighted by Gasteiger charge is 2.28. The monoisotopic (exact) mass is 286 g/mol. The summed E-state index contributed by atoms with van der Waals surface area (Å²) in [5.41, 5.74) is -0.444. The predicted octanol–water partition coefficient (Wildman–Crippen LogP) is 4.92. The number of unbranched alkanes of at least 4 members (excludes halogenated alkanes) is 5. The Hall–Kier alpha value is -0.0800. The molecular formula is C18H38O2. The molecule has 0 aromatic carbocycles. The van der Waals surface area contributed by atoms with Crippen molar-refractivity contribution in [1.82, 2.24) is 0 Å². The van der Waals surface area contributed by atoms with Crippen molar-refractivity contribution in [3.8, 4) is 0 Å². The van der Waals surface area contributed by atoms with Crippen LogP contribution >= 0.6 is 0 Å².